The largest absolute Gasteiger partial charge is 0.379 e. The maximum Gasteiger partial charge on any atom is 0.191 e. The van der Waals surface area contributed by atoms with Crippen LogP contribution in [0.5, 0.6) is 0 Å². The second-order valence-corrected chi connectivity index (χ2v) is 7.88. The van der Waals surface area contributed by atoms with Gasteiger partial charge in [0.05, 0.1) is 19.8 Å². The fraction of sp³-hybridized carbons (Fsp3) is 0.722. The smallest absolute Gasteiger partial charge is 0.191 e. The molecule has 1 aliphatic rings. The third-order valence-electron chi connectivity index (χ3n) is 4.44. The van der Waals surface area contributed by atoms with E-state index in [-0.39, 0.29) is 5.54 Å². The predicted molar refractivity (Wildman–Crippen MR) is 103 cm³/mol. The molecule has 0 amide bonds. The lowest BCUT2D eigenvalue weighted by molar-refractivity contribution is -0.00683. The minimum atomic E-state index is 0.0471. The summed E-state index contributed by atoms with van der Waals surface area (Å²) in [6.45, 7) is 15.0. The topological polar surface area (TPSA) is 48.9 Å². The lowest BCUT2D eigenvalue weighted by atomic mass is 10.0. The molecule has 2 N–H and O–H groups in total. The highest BCUT2D eigenvalue weighted by Gasteiger charge is 2.28. The van der Waals surface area contributed by atoms with Crippen molar-refractivity contribution in [3.8, 4) is 0 Å². The monoisotopic (exact) mass is 352 g/mol. The van der Waals surface area contributed by atoms with Gasteiger partial charge in [0.2, 0.25) is 0 Å². The summed E-state index contributed by atoms with van der Waals surface area (Å²) in [5.41, 5.74) is 0.0471. The van der Waals surface area contributed by atoms with E-state index in [9.17, 15) is 0 Å². The quantitative estimate of drug-likeness (QED) is 0.585. The molecule has 2 rings (SSSR count). The van der Waals surface area contributed by atoms with Crippen LogP contribution in [0.15, 0.2) is 22.5 Å². The molecule has 0 radical (unpaired) electrons. The van der Waals surface area contributed by atoms with Crippen molar-refractivity contribution in [1.29, 1.82) is 0 Å². The zero-order valence-electron chi connectivity index (χ0n) is 15.5. The maximum absolute atomic E-state index is 5.46. The fourth-order valence-electron chi connectivity index (χ4n) is 2.80. The van der Waals surface area contributed by atoms with E-state index >= 15 is 0 Å². The van der Waals surface area contributed by atoms with Crippen LogP contribution in [0.3, 0.4) is 0 Å². The van der Waals surface area contributed by atoms with Crippen LogP contribution in [-0.2, 0) is 4.74 Å². The van der Waals surface area contributed by atoms with Gasteiger partial charge >= 0.3 is 0 Å². The zero-order valence-corrected chi connectivity index (χ0v) is 16.3. The molecule has 24 heavy (non-hydrogen) atoms. The Morgan fingerprint density at radius 3 is 2.75 bits per heavy atom. The molecule has 0 spiro atoms. The normalized spacial score (nSPS) is 18.4. The molecule has 0 bridgehead atoms. The Labute approximate surface area is 150 Å². The van der Waals surface area contributed by atoms with Crippen LogP contribution in [-0.4, -0.2) is 62.3 Å². The summed E-state index contributed by atoms with van der Waals surface area (Å²) in [6, 6.07) is 4.31. The van der Waals surface area contributed by atoms with Gasteiger partial charge in [-0.25, -0.2) is 0 Å². The molecule has 1 aromatic heterocycles. The molecule has 1 aromatic rings. The highest BCUT2D eigenvalue weighted by Crippen LogP contribution is 2.20. The number of morpholine rings is 1. The van der Waals surface area contributed by atoms with Crippen LogP contribution in [0.25, 0.3) is 0 Å². The van der Waals surface area contributed by atoms with Gasteiger partial charge < -0.3 is 15.4 Å². The standard InChI is InChI=1S/C18H32N4OS/c1-5-19-17(20-13-15(2)16-7-6-12-24-16)21-14-18(3,4)22-8-10-23-11-9-22/h6-7,12,15H,5,8-11,13-14H2,1-4H3,(H2,19,20,21). The minimum Gasteiger partial charge on any atom is -0.379 e. The number of hydrogen-bond donors (Lipinski definition) is 2. The molecule has 6 heteroatoms. The van der Waals surface area contributed by atoms with Gasteiger partial charge in [0.1, 0.15) is 0 Å². The molecule has 0 aliphatic carbocycles. The molecule has 1 fully saturated rings. The number of hydrogen-bond acceptors (Lipinski definition) is 4. The van der Waals surface area contributed by atoms with Crippen molar-refractivity contribution in [1.82, 2.24) is 15.5 Å². The van der Waals surface area contributed by atoms with Gasteiger partial charge in [-0.05, 0) is 32.2 Å². The Morgan fingerprint density at radius 2 is 2.12 bits per heavy atom. The molecular weight excluding hydrogens is 320 g/mol. The number of guanidine groups is 1. The van der Waals surface area contributed by atoms with E-state index in [4.69, 9.17) is 9.73 Å². The fourth-order valence-corrected chi connectivity index (χ4v) is 3.59. The summed E-state index contributed by atoms with van der Waals surface area (Å²) in [5.74, 6) is 1.39. The van der Waals surface area contributed by atoms with Crippen molar-refractivity contribution < 1.29 is 4.74 Å². The van der Waals surface area contributed by atoms with Crippen LogP contribution in [0.4, 0.5) is 0 Å². The van der Waals surface area contributed by atoms with Crippen LogP contribution < -0.4 is 10.6 Å². The number of aliphatic imine (C=N–C) groups is 1. The summed E-state index contributed by atoms with van der Waals surface area (Å²) in [4.78, 5) is 8.71. The zero-order chi connectivity index (χ0) is 17.4. The van der Waals surface area contributed by atoms with E-state index in [1.165, 1.54) is 4.88 Å². The van der Waals surface area contributed by atoms with Crippen molar-refractivity contribution in [3.63, 3.8) is 0 Å². The molecule has 1 saturated heterocycles. The first-order valence-electron chi connectivity index (χ1n) is 8.91. The van der Waals surface area contributed by atoms with Crippen molar-refractivity contribution in [2.45, 2.75) is 39.2 Å². The third-order valence-corrected chi connectivity index (χ3v) is 5.54. The third kappa shape index (κ3) is 5.76. The number of nitrogens with one attached hydrogen (secondary N) is 2. The van der Waals surface area contributed by atoms with Gasteiger partial charge in [-0.1, -0.05) is 13.0 Å². The molecular formula is C18H32N4OS. The Hall–Kier alpha value is -1.11. The van der Waals surface area contributed by atoms with Crippen LogP contribution in [0.2, 0.25) is 0 Å². The number of thiophene rings is 1. The maximum atomic E-state index is 5.46. The first-order chi connectivity index (χ1) is 11.5. The molecule has 0 saturated carbocycles. The van der Waals surface area contributed by atoms with E-state index < -0.39 is 0 Å². The van der Waals surface area contributed by atoms with E-state index in [0.29, 0.717) is 5.92 Å². The summed E-state index contributed by atoms with van der Waals surface area (Å²) in [5, 5.41) is 8.98. The second-order valence-electron chi connectivity index (χ2n) is 6.90. The first-order valence-corrected chi connectivity index (χ1v) is 9.79. The SMILES string of the molecule is CCNC(=NCC(C)(C)N1CCOCC1)NCC(C)c1cccs1. The highest BCUT2D eigenvalue weighted by atomic mass is 32.1. The van der Waals surface area contributed by atoms with Crippen LogP contribution >= 0.6 is 11.3 Å². The minimum absolute atomic E-state index is 0.0471. The molecule has 1 unspecified atom stereocenters. The Bertz CT molecular complexity index is 495. The molecule has 1 atom stereocenters. The van der Waals surface area contributed by atoms with E-state index in [0.717, 1.165) is 51.9 Å². The second kappa shape index (κ2) is 9.39. The molecule has 1 aliphatic heterocycles. The number of rotatable bonds is 7. The number of ether oxygens (including phenoxy) is 1. The van der Waals surface area contributed by atoms with Gasteiger partial charge in [-0.15, -0.1) is 11.3 Å². The van der Waals surface area contributed by atoms with Gasteiger partial charge in [0.15, 0.2) is 5.96 Å². The Balaban J connectivity index is 1.89. The van der Waals surface area contributed by atoms with Gasteiger partial charge in [-0.2, -0.15) is 0 Å². The van der Waals surface area contributed by atoms with E-state index in [2.05, 4.69) is 60.7 Å². The summed E-state index contributed by atoms with van der Waals surface area (Å²) in [6.07, 6.45) is 0. The van der Waals surface area contributed by atoms with Crippen LogP contribution in [0.1, 0.15) is 38.5 Å². The van der Waals surface area contributed by atoms with Gasteiger partial charge in [0, 0.05) is 42.5 Å². The average molecular weight is 353 g/mol. The lowest BCUT2D eigenvalue weighted by Gasteiger charge is -2.39. The van der Waals surface area contributed by atoms with E-state index in [1.54, 1.807) is 0 Å². The first kappa shape index (κ1) is 19.2. The lowest BCUT2D eigenvalue weighted by Crippen LogP contribution is -2.52. The summed E-state index contributed by atoms with van der Waals surface area (Å²) >= 11 is 1.81. The van der Waals surface area contributed by atoms with Crippen LogP contribution in [0, 0.1) is 0 Å². The van der Waals surface area contributed by atoms with Crippen molar-refractivity contribution in [3.05, 3.63) is 22.4 Å². The predicted octanol–water partition coefficient (Wildman–Crippen LogP) is 2.52. The highest BCUT2D eigenvalue weighted by molar-refractivity contribution is 7.10. The van der Waals surface area contributed by atoms with Gasteiger partial charge in [-0.3, -0.25) is 9.89 Å². The Kier molecular flexibility index (Phi) is 7.52. The average Bonchev–Trinajstić information content (AvgIpc) is 3.12. The summed E-state index contributed by atoms with van der Waals surface area (Å²) < 4.78 is 5.46. The van der Waals surface area contributed by atoms with Crippen molar-refractivity contribution in [2.75, 3.05) is 45.9 Å². The molecule has 0 aromatic carbocycles. The molecule has 136 valence electrons. The number of nitrogens with zero attached hydrogens (tertiary/aromatic N) is 2. The van der Waals surface area contributed by atoms with Gasteiger partial charge in [0.25, 0.3) is 0 Å². The van der Waals surface area contributed by atoms with Crippen molar-refractivity contribution >= 4 is 17.3 Å². The molecule has 5 nitrogen and oxygen atoms in total. The van der Waals surface area contributed by atoms with E-state index in [1.807, 2.05) is 11.3 Å². The molecule has 2 heterocycles. The van der Waals surface area contributed by atoms with Crippen molar-refractivity contribution in [2.24, 2.45) is 4.99 Å². The Morgan fingerprint density at radius 1 is 1.38 bits per heavy atom. The summed E-state index contributed by atoms with van der Waals surface area (Å²) in [7, 11) is 0.